The van der Waals surface area contributed by atoms with Gasteiger partial charge in [0.25, 0.3) is 0 Å². The molecule has 0 N–H and O–H groups in total. The van der Waals surface area contributed by atoms with Crippen molar-refractivity contribution in [2.75, 3.05) is 31.1 Å². The zero-order valence-electron chi connectivity index (χ0n) is 10.8. The van der Waals surface area contributed by atoms with Crippen LogP contribution in [0.1, 0.15) is 25.7 Å². The Balaban J connectivity index is 1.57. The van der Waals surface area contributed by atoms with Crippen molar-refractivity contribution in [1.82, 2.24) is 4.90 Å². The zero-order valence-corrected chi connectivity index (χ0v) is 10.8. The average molecular weight is 248 g/mol. The van der Waals surface area contributed by atoms with Crippen LogP contribution < -0.4 is 4.90 Å². The quantitative estimate of drug-likeness (QED) is 0.794. The molecule has 2 aliphatic rings. The number of anilines is 1. The van der Waals surface area contributed by atoms with Crippen molar-refractivity contribution < 1.29 is 4.39 Å². The monoisotopic (exact) mass is 248 g/mol. The Kier molecular flexibility index (Phi) is 3.50. The minimum atomic E-state index is -0.147. The molecule has 3 heteroatoms. The third-order valence-corrected chi connectivity index (χ3v) is 4.31. The van der Waals surface area contributed by atoms with Crippen molar-refractivity contribution in [2.24, 2.45) is 0 Å². The van der Waals surface area contributed by atoms with Crippen LogP contribution in [0.15, 0.2) is 24.3 Å². The van der Waals surface area contributed by atoms with E-state index in [2.05, 4.69) is 9.80 Å². The Hall–Kier alpha value is -1.09. The van der Waals surface area contributed by atoms with Crippen molar-refractivity contribution in [3.63, 3.8) is 0 Å². The second kappa shape index (κ2) is 5.27. The number of nitrogens with zero attached hydrogens (tertiary/aromatic N) is 2. The summed E-state index contributed by atoms with van der Waals surface area (Å²) in [6, 6.07) is 7.69. The Morgan fingerprint density at radius 2 is 1.50 bits per heavy atom. The van der Waals surface area contributed by atoms with Crippen molar-refractivity contribution in [1.29, 1.82) is 0 Å². The molecule has 0 amide bonds. The van der Waals surface area contributed by atoms with Crippen LogP contribution in [0.25, 0.3) is 0 Å². The Labute approximate surface area is 108 Å². The molecule has 1 aromatic rings. The Morgan fingerprint density at radius 1 is 0.889 bits per heavy atom. The van der Waals surface area contributed by atoms with Gasteiger partial charge < -0.3 is 9.80 Å². The third kappa shape index (κ3) is 2.51. The van der Waals surface area contributed by atoms with E-state index in [1.807, 2.05) is 12.1 Å². The molecule has 0 aromatic heterocycles. The summed E-state index contributed by atoms with van der Waals surface area (Å²) in [6.07, 6.45) is 5.24. The number of rotatable bonds is 2. The average Bonchev–Trinajstić information content (AvgIpc) is 2.94. The molecule has 2 nitrogen and oxygen atoms in total. The van der Waals surface area contributed by atoms with Gasteiger partial charge in [0.2, 0.25) is 0 Å². The van der Waals surface area contributed by atoms with Crippen molar-refractivity contribution in [3.8, 4) is 0 Å². The van der Waals surface area contributed by atoms with Gasteiger partial charge in [-0.3, -0.25) is 0 Å². The Bertz CT molecular complexity index is 376. The standard InChI is InChI=1S/C15H21FN2/c16-13-3-5-14(6-4-13)18-11-7-15(8-12-18)17-9-1-2-10-17/h3-6,15H,1-2,7-12H2. The molecule has 0 unspecified atom stereocenters. The van der Waals surface area contributed by atoms with Crippen LogP contribution in [0.2, 0.25) is 0 Å². The molecule has 0 radical (unpaired) electrons. The fraction of sp³-hybridized carbons (Fsp3) is 0.600. The highest BCUT2D eigenvalue weighted by Crippen LogP contribution is 2.24. The van der Waals surface area contributed by atoms with Crippen molar-refractivity contribution in [3.05, 3.63) is 30.1 Å². The smallest absolute Gasteiger partial charge is 0.123 e. The van der Waals surface area contributed by atoms with E-state index in [1.165, 1.54) is 38.8 Å². The van der Waals surface area contributed by atoms with Crippen LogP contribution in [-0.4, -0.2) is 37.1 Å². The Morgan fingerprint density at radius 3 is 2.11 bits per heavy atom. The summed E-state index contributed by atoms with van der Waals surface area (Å²) in [4.78, 5) is 5.04. The van der Waals surface area contributed by atoms with Crippen LogP contribution in [0.5, 0.6) is 0 Å². The molecule has 0 atom stereocenters. The minimum absolute atomic E-state index is 0.147. The van der Waals surface area contributed by atoms with E-state index in [9.17, 15) is 4.39 Å². The van der Waals surface area contributed by atoms with E-state index in [-0.39, 0.29) is 5.82 Å². The van der Waals surface area contributed by atoms with Gasteiger partial charge in [0.1, 0.15) is 5.82 Å². The lowest BCUT2D eigenvalue weighted by atomic mass is 10.0. The number of benzene rings is 1. The lowest BCUT2D eigenvalue weighted by Crippen LogP contribution is -2.43. The highest BCUT2D eigenvalue weighted by Gasteiger charge is 2.26. The maximum Gasteiger partial charge on any atom is 0.123 e. The van der Waals surface area contributed by atoms with Gasteiger partial charge >= 0.3 is 0 Å². The molecule has 0 saturated carbocycles. The maximum atomic E-state index is 12.9. The lowest BCUT2D eigenvalue weighted by Gasteiger charge is -2.37. The minimum Gasteiger partial charge on any atom is -0.371 e. The van der Waals surface area contributed by atoms with Gasteiger partial charge in [-0.1, -0.05) is 0 Å². The van der Waals surface area contributed by atoms with Gasteiger partial charge in [-0.25, -0.2) is 4.39 Å². The second-order valence-electron chi connectivity index (χ2n) is 5.44. The number of hydrogen-bond donors (Lipinski definition) is 0. The second-order valence-corrected chi connectivity index (χ2v) is 5.44. The molecule has 98 valence electrons. The molecule has 3 rings (SSSR count). The van der Waals surface area contributed by atoms with Crippen LogP contribution >= 0.6 is 0 Å². The molecule has 1 aromatic carbocycles. The topological polar surface area (TPSA) is 6.48 Å². The zero-order chi connectivity index (χ0) is 12.4. The van der Waals surface area contributed by atoms with Gasteiger partial charge in [0.15, 0.2) is 0 Å². The number of hydrogen-bond acceptors (Lipinski definition) is 2. The van der Waals surface area contributed by atoms with E-state index in [4.69, 9.17) is 0 Å². The molecule has 18 heavy (non-hydrogen) atoms. The largest absolute Gasteiger partial charge is 0.371 e. The van der Waals surface area contributed by atoms with Crippen molar-refractivity contribution >= 4 is 5.69 Å². The lowest BCUT2D eigenvalue weighted by molar-refractivity contribution is 0.208. The fourth-order valence-electron chi connectivity index (χ4n) is 3.25. The van der Waals surface area contributed by atoms with E-state index in [0.29, 0.717) is 0 Å². The van der Waals surface area contributed by atoms with Crippen LogP contribution in [0.4, 0.5) is 10.1 Å². The maximum absolute atomic E-state index is 12.9. The van der Waals surface area contributed by atoms with E-state index < -0.39 is 0 Å². The predicted octanol–water partition coefficient (Wildman–Crippen LogP) is 2.89. The highest BCUT2D eigenvalue weighted by molar-refractivity contribution is 5.46. The molecular weight excluding hydrogens is 227 g/mol. The number of likely N-dealkylation sites (tertiary alicyclic amines) is 1. The number of halogens is 1. The van der Waals surface area contributed by atoms with Crippen molar-refractivity contribution in [2.45, 2.75) is 31.7 Å². The van der Waals surface area contributed by atoms with E-state index in [0.717, 1.165) is 24.8 Å². The summed E-state index contributed by atoms with van der Waals surface area (Å²) in [6.45, 7) is 4.79. The molecule has 2 fully saturated rings. The van der Waals surface area contributed by atoms with Gasteiger partial charge in [0, 0.05) is 24.8 Å². The van der Waals surface area contributed by atoms with E-state index >= 15 is 0 Å². The van der Waals surface area contributed by atoms with E-state index in [1.54, 1.807) is 12.1 Å². The first kappa shape index (κ1) is 12.0. The SMILES string of the molecule is Fc1ccc(N2CCC(N3CCCC3)CC2)cc1. The van der Waals surface area contributed by atoms with Crippen LogP contribution in [0.3, 0.4) is 0 Å². The molecule has 0 spiro atoms. The normalized spacial score (nSPS) is 22.6. The number of piperidine rings is 1. The molecule has 2 saturated heterocycles. The molecule has 0 bridgehead atoms. The summed E-state index contributed by atoms with van der Waals surface area (Å²) in [7, 11) is 0. The first-order chi connectivity index (χ1) is 8.83. The van der Waals surface area contributed by atoms with Crippen LogP contribution in [-0.2, 0) is 0 Å². The molecule has 2 aliphatic heterocycles. The van der Waals surface area contributed by atoms with Crippen LogP contribution in [0, 0.1) is 5.82 Å². The first-order valence-electron chi connectivity index (χ1n) is 7.07. The first-order valence-corrected chi connectivity index (χ1v) is 7.07. The summed E-state index contributed by atoms with van der Waals surface area (Å²) in [5.74, 6) is -0.147. The summed E-state index contributed by atoms with van der Waals surface area (Å²) < 4.78 is 12.9. The van der Waals surface area contributed by atoms with Gasteiger partial charge in [-0.2, -0.15) is 0 Å². The summed E-state index contributed by atoms with van der Waals surface area (Å²) >= 11 is 0. The highest BCUT2D eigenvalue weighted by atomic mass is 19.1. The molecule has 2 heterocycles. The molecule has 0 aliphatic carbocycles. The van der Waals surface area contributed by atoms with Gasteiger partial charge in [-0.05, 0) is 63.0 Å². The molecular formula is C15H21FN2. The summed E-state index contributed by atoms with van der Waals surface area (Å²) in [5.41, 5.74) is 1.16. The summed E-state index contributed by atoms with van der Waals surface area (Å²) in [5, 5.41) is 0. The fourth-order valence-corrected chi connectivity index (χ4v) is 3.25. The third-order valence-electron chi connectivity index (χ3n) is 4.31. The van der Waals surface area contributed by atoms with Gasteiger partial charge in [-0.15, -0.1) is 0 Å². The predicted molar refractivity (Wildman–Crippen MR) is 72.4 cm³/mol. The van der Waals surface area contributed by atoms with Gasteiger partial charge in [0.05, 0.1) is 0 Å².